The quantitative estimate of drug-likeness (QED) is 0.828. The fourth-order valence-corrected chi connectivity index (χ4v) is 2.53. The van der Waals surface area contributed by atoms with Gasteiger partial charge in [-0.3, -0.25) is 0 Å². The highest BCUT2D eigenvalue weighted by Gasteiger charge is 2.17. The molecule has 0 aliphatic rings. The lowest BCUT2D eigenvalue weighted by Crippen LogP contribution is -2.35. The second-order valence-corrected chi connectivity index (χ2v) is 6.65. The monoisotopic (exact) mass is 319 g/mol. The maximum Gasteiger partial charge on any atom is 0.236 e. The lowest BCUT2D eigenvalue weighted by Gasteiger charge is -2.18. The Labute approximate surface area is 124 Å². The SMILES string of the molecule is COCC(O)CN(C)S(=O)(=O)C=Cc1ccc(Cl)cc1. The molecule has 5 nitrogen and oxygen atoms in total. The normalized spacial score (nSPS) is 14.1. The van der Waals surface area contributed by atoms with Gasteiger partial charge >= 0.3 is 0 Å². The molecule has 0 aromatic heterocycles. The molecule has 0 saturated carbocycles. The van der Waals surface area contributed by atoms with Gasteiger partial charge in [-0.05, 0) is 23.8 Å². The van der Waals surface area contributed by atoms with Crippen molar-refractivity contribution in [2.45, 2.75) is 6.10 Å². The zero-order valence-corrected chi connectivity index (χ0v) is 12.9. The Morgan fingerprint density at radius 1 is 1.40 bits per heavy atom. The molecule has 7 heteroatoms. The summed E-state index contributed by atoms with van der Waals surface area (Å²) in [6.45, 7) is 0.0574. The van der Waals surface area contributed by atoms with Gasteiger partial charge in [0.2, 0.25) is 10.0 Å². The van der Waals surface area contributed by atoms with Crippen LogP contribution in [-0.4, -0.2) is 51.2 Å². The van der Waals surface area contributed by atoms with Gasteiger partial charge in [0.05, 0.1) is 12.7 Å². The van der Waals surface area contributed by atoms with E-state index >= 15 is 0 Å². The van der Waals surface area contributed by atoms with Crippen LogP contribution < -0.4 is 0 Å². The van der Waals surface area contributed by atoms with Crippen molar-refractivity contribution < 1.29 is 18.3 Å². The number of hydrogen-bond donors (Lipinski definition) is 1. The van der Waals surface area contributed by atoms with E-state index in [9.17, 15) is 13.5 Å². The van der Waals surface area contributed by atoms with Crippen molar-refractivity contribution in [3.63, 3.8) is 0 Å². The second kappa shape index (κ2) is 7.75. The molecule has 0 bridgehead atoms. The zero-order valence-electron chi connectivity index (χ0n) is 11.4. The Morgan fingerprint density at radius 3 is 2.55 bits per heavy atom. The third-order valence-corrected chi connectivity index (χ3v) is 4.31. The van der Waals surface area contributed by atoms with Crippen molar-refractivity contribution in [1.29, 1.82) is 0 Å². The van der Waals surface area contributed by atoms with Crippen molar-refractivity contribution in [1.82, 2.24) is 4.31 Å². The van der Waals surface area contributed by atoms with E-state index in [1.54, 1.807) is 24.3 Å². The summed E-state index contributed by atoms with van der Waals surface area (Å²) >= 11 is 5.75. The molecule has 1 atom stereocenters. The van der Waals surface area contributed by atoms with E-state index < -0.39 is 16.1 Å². The predicted molar refractivity (Wildman–Crippen MR) is 79.9 cm³/mol. The minimum atomic E-state index is -3.58. The number of methoxy groups -OCH3 is 1. The third-order valence-electron chi connectivity index (χ3n) is 2.56. The van der Waals surface area contributed by atoms with Gasteiger partial charge in [0.15, 0.2) is 0 Å². The summed E-state index contributed by atoms with van der Waals surface area (Å²) < 4.78 is 29.8. The Bertz CT molecular complexity index is 542. The third kappa shape index (κ3) is 5.60. The number of halogens is 1. The molecule has 0 spiro atoms. The summed E-state index contributed by atoms with van der Waals surface area (Å²) in [5.41, 5.74) is 0.726. The highest BCUT2D eigenvalue weighted by Crippen LogP contribution is 2.12. The van der Waals surface area contributed by atoms with Gasteiger partial charge in [-0.2, -0.15) is 4.31 Å². The number of aliphatic hydroxyl groups is 1. The molecular formula is C13H18ClNO4S. The fourth-order valence-electron chi connectivity index (χ4n) is 1.49. The number of nitrogens with zero attached hydrogens (tertiary/aromatic N) is 1. The summed E-state index contributed by atoms with van der Waals surface area (Å²) in [5, 5.41) is 11.2. The Balaban J connectivity index is 2.71. The molecule has 0 radical (unpaired) electrons. The van der Waals surface area contributed by atoms with Crippen LogP contribution >= 0.6 is 11.6 Å². The molecule has 1 aromatic rings. The molecule has 0 aliphatic heterocycles. The average Bonchev–Trinajstić information content (AvgIpc) is 2.38. The van der Waals surface area contributed by atoms with Gasteiger partial charge in [0.1, 0.15) is 0 Å². The standard InChI is InChI=1S/C13H18ClNO4S/c1-15(9-13(16)10-19-2)20(17,18)8-7-11-3-5-12(14)6-4-11/h3-8,13,16H,9-10H2,1-2H3. The van der Waals surface area contributed by atoms with Crippen LogP contribution in [0.5, 0.6) is 0 Å². The van der Waals surface area contributed by atoms with Gasteiger partial charge < -0.3 is 9.84 Å². The van der Waals surface area contributed by atoms with E-state index in [2.05, 4.69) is 0 Å². The van der Waals surface area contributed by atoms with E-state index in [-0.39, 0.29) is 13.2 Å². The number of likely N-dealkylation sites (N-methyl/N-ethyl adjacent to an activating group) is 1. The van der Waals surface area contributed by atoms with E-state index in [0.29, 0.717) is 5.02 Å². The van der Waals surface area contributed by atoms with E-state index in [1.807, 2.05) is 0 Å². The number of aliphatic hydroxyl groups excluding tert-OH is 1. The fraction of sp³-hybridized carbons (Fsp3) is 0.385. The van der Waals surface area contributed by atoms with Gasteiger partial charge in [-0.15, -0.1) is 0 Å². The summed E-state index contributed by atoms with van der Waals surface area (Å²) in [5.74, 6) is 0. The molecule has 0 amide bonds. The topological polar surface area (TPSA) is 66.8 Å². The number of hydrogen-bond acceptors (Lipinski definition) is 4. The Hall–Kier alpha value is -0.920. The maximum atomic E-state index is 12.0. The molecule has 1 N–H and O–H groups in total. The lowest BCUT2D eigenvalue weighted by molar-refractivity contribution is 0.0556. The summed E-state index contributed by atoms with van der Waals surface area (Å²) in [4.78, 5) is 0. The van der Waals surface area contributed by atoms with Crippen molar-refractivity contribution in [2.24, 2.45) is 0 Å². The van der Waals surface area contributed by atoms with Crippen LogP contribution in [0.1, 0.15) is 5.56 Å². The smallest absolute Gasteiger partial charge is 0.236 e. The zero-order chi connectivity index (χ0) is 15.2. The summed E-state index contributed by atoms with van der Waals surface area (Å²) in [7, 11) is -0.732. The molecule has 1 aromatic carbocycles. The molecule has 0 fully saturated rings. The maximum absolute atomic E-state index is 12.0. The van der Waals surface area contributed by atoms with Crippen LogP contribution in [0.2, 0.25) is 5.02 Å². The minimum Gasteiger partial charge on any atom is -0.389 e. The molecule has 20 heavy (non-hydrogen) atoms. The number of ether oxygens (including phenoxy) is 1. The van der Waals surface area contributed by atoms with E-state index in [1.165, 1.54) is 20.2 Å². The van der Waals surface area contributed by atoms with Crippen LogP contribution in [0, 0.1) is 0 Å². The average molecular weight is 320 g/mol. The van der Waals surface area contributed by atoms with Gasteiger partial charge in [-0.1, -0.05) is 23.7 Å². The first kappa shape index (κ1) is 17.1. The minimum absolute atomic E-state index is 0.0267. The van der Waals surface area contributed by atoms with Gasteiger partial charge in [0.25, 0.3) is 0 Å². The van der Waals surface area contributed by atoms with Crippen molar-refractivity contribution >= 4 is 27.7 Å². The first-order valence-electron chi connectivity index (χ1n) is 5.92. The molecule has 1 unspecified atom stereocenters. The first-order chi connectivity index (χ1) is 9.35. The number of benzene rings is 1. The largest absolute Gasteiger partial charge is 0.389 e. The molecular weight excluding hydrogens is 302 g/mol. The second-order valence-electron chi connectivity index (χ2n) is 4.29. The Kier molecular flexibility index (Phi) is 6.64. The number of rotatable bonds is 7. The van der Waals surface area contributed by atoms with E-state index in [0.717, 1.165) is 15.3 Å². The first-order valence-corrected chi connectivity index (χ1v) is 7.80. The van der Waals surface area contributed by atoms with Crippen LogP contribution in [0.4, 0.5) is 0 Å². The van der Waals surface area contributed by atoms with Crippen LogP contribution in [-0.2, 0) is 14.8 Å². The van der Waals surface area contributed by atoms with Crippen molar-refractivity contribution in [3.05, 3.63) is 40.3 Å². The highest BCUT2D eigenvalue weighted by atomic mass is 35.5. The van der Waals surface area contributed by atoms with Crippen LogP contribution in [0.3, 0.4) is 0 Å². The van der Waals surface area contributed by atoms with E-state index in [4.69, 9.17) is 16.3 Å². The Morgan fingerprint density at radius 2 is 2.00 bits per heavy atom. The van der Waals surface area contributed by atoms with Crippen LogP contribution in [0.25, 0.3) is 6.08 Å². The summed E-state index contributed by atoms with van der Waals surface area (Å²) in [6, 6.07) is 6.79. The van der Waals surface area contributed by atoms with Gasteiger partial charge in [0, 0.05) is 31.1 Å². The molecule has 112 valence electrons. The molecule has 0 heterocycles. The molecule has 0 saturated heterocycles. The molecule has 1 rings (SSSR count). The highest BCUT2D eigenvalue weighted by molar-refractivity contribution is 7.92. The van der Waals surface area contributed by atoms with Crippen molar-refractivity contribution in [3.8, 4) is 0 Å². The lowest BCUT2D eigenvalue weighted by atomic mass is 10.2. The predicted octanol–water partition coefficient (Wildman–Crippen LogP) is 1.58. The number of sulfonamides is 1. The van der Waals surface area contributed by atoms with Crippen LogP contribution in [0.15, 0.2) is 29.7 Å². The van der Waals surface area contributed by atoms with Crippen molar-refractivity contribution in [2.75, 3.05) is 27.3 Å². The summed E-state index contributed by atoms with van der Waals surface area (Å²) in [6.07, 6.45) is 0.619. The molecule has 0 aliphatic carbocycles. The van der Waals surface area contributed by atoms with Gasteiger partial charge in [-0.25, -0.2) is 8.42 Å².